The van der Waals surface area contributed by atoms with Crippen LogP contribution in [0.5, 0.6) is 5.75 Å². The van der Waals surface area contributed by atoms with Crippen LogP contribution in [0.2, 0.25) is 0 Å². The van der Waals surface area contributed by atoms with E-state index in [0.29, 0.717) is 43.0 Å². The molecular weight excluding hydrogens is 582 g/mol. The van der Waals surface area contributed by atoms with Gasteiger partial charge in [-0.1, -0.05) is 55.8 Å². The van der Waals surface area contributed by atoms with Crippen LogP contribution >= 0.6 is 0 Å². The van der Waals surface area contributed by atoms with Crippen LogP contribution in [0.3, 0.4) is 0 Å². The molecule has 3 amide bonds. The molecule has 0 aromatic heterocycles. The molecule has 0 radical (unpaired) electrons. The molecule has 7 atom stereocenters. The minimum atomic E-state index is -1.20. The van der Waals surface area contributed by atoms with E-state index in [0.717, 1.165) is 12.8 Å². The van der Waals surface area contributed by atoms with Crippen molar-refractivity contribution in [3.8, 4) is 5.75 Å². The molecule has 9 heteroatoms. The van der Waals surface area contributed by atoms with E-state index in [1.807, 2.05) is 68.4 Å². The van der Waals surface area contributed by atoms with Crippen molar-refractivity contribution in [1.29, 1.82) is 0 Å². The SMILES string of the molecule is C=CCN(C(=O)[C@@H]1[C@H]2C(=O)N([C@H](CO)c3ccccc3)C(C(=O)N(CC=C)C(C)CCC)C23CC[C@H]1O3)c1ccc(OCC)cc1. The van der Waals surface area contributed by atoms with Gasteiger partial charge in [-0.3, -0.25) is 14.4 Å². The fourth-order valence-corrected chi connectivity index (χ4v) is 7.89. The van der Waals surface area contributed by atoms with E-state index in [4.69, 9.17) is 9.47 Å². The number of ether oxygens (including phenoxy) is 2. The summed E-state index contributed by atoms with van der Waals surface area (Å²) in [7, 11) is 0. The van der Waals surface area contributed by atoms with Gasteiger partial charge in [-0.05, 0) is 62.9 Å². The predicted octanol–water partition coefficient (Wildman–Crippen LogP) is 4.92. The number of anilines is 1. The normalized spacial score (nSPS) is 25.9. The highest BCUT2D eigenvalue weighted by molar-refractivity contribution is 6.03. The van der Waals surface area contributed by atoms with Gasteiger partial charge in [-0.2, -0.15) is 0 Å². The number of carbonyl (C=O) groups excluding carboxylic acids is 3. The molecule has 3 aliphatic rings. The van der Waals surface area contributed by atoms with E-state index in [2.05, 4.69) is 20.1 Å². The van der Waals surface area contributed by atoms with Crippen molar-refractivity contribution in [3.63, 3.8) is 0 Å². The molecule has 3 heterocycles. The van der Waals surface area contributed by atoms with Gasteiger partial charge < -0.3 is 29.3 Å². The Morgan fingerprint density at radius 3 is 2.39 bits per heavy atom. The zero-order valence-electron chi connectivity index (χ0n) is 27.2. The second-order valence-corrected chi connectivity index (χ2v) is 12.5. The third-order valence-electron chi connectivity index (χ3n) is 9.83. The molecule has 2 bridgehead atoms. The zero-order valence-corrected chi connectivity index (χ0v) is 27.2. The van der Waals surface area contributed by atoms with Crippen molar-refractivity contribution >= 4 is 23.4 Å². The van der Waals surface area contributed by atoms with Crippen molar-refractivity contribution in [2.24, 2.45) is 11.8 Å². The topological polar surface area (TPSA) is 99.6 Å². The molecule has 3 unspecified atom stereocenters. The summed E-state index contributed by atoms with van der Waals surface area (Å²) in [6.45, 7) is 14.5. The quantitative estimate of drug-likeness (QED) is 0.281. The maximum absolute atomic E-state index is 14.8. The first-order chi connectivity index (χ1) is 22.3. The highest BCUT2D eigenvalue weighted by Gasteiger charge is 2.75. The molecule has 0 aliphatic carbocycles. The van der Waals surface area contributed by atoms with Gasteiger partial charge in [0.2, 0.25) is 17.7 Å². The summed E-state index contributed by atoms with van der Waals surface area (Å²) in [4.78, 5) is 49.1. The maximum atomic E-state index is 14.8. The number of hydrogen-bond donors (Lipinski definition) is 1. The molecule has 1 N–H and O–H groups in total. The summed E-state index contributed by atoms with van der Waals surface area (Å²) >= 11 is 0. The zero-order chi connectivity index (χ0) is 33.0. The van der Waals surface area contributed by atoms with Crippen LogP contribution in [-0.2, 0) is 19.1 Å². The summed E-state index contributed by atoms with van der Waals surface area (Å²) in [5.41, 5.74) is 0.165. The minimum Gasteiger partial charge on any atom is -0.494 e. The highest BCUT2D eigenvalue weighted by atomic mass is 16.5. The van der Waals surface area contributed by atoms with Crippen LogP contribution in [0.25, 0.3) is 0 Å². The molecule has 246 valence electrons. The van der Waals surface area contributed by atoms with Gasteiger partial charge in [0.05, 0.1) is 37.2 Å². The lowest BCUT2D eigenvalue weighted by Crippen LogP contribution is -2.58. The number of hydrogen-bond acceptors (Lipinski definition) is 6. The first-order valence-corrected chi connectivity index (χ1v) is 16.5. The Labute approximate surface area is 272 Å². The first-order valence-electron chi connectivity index (χ1n) is 16.5. The molecule has 3 aliphatic heterocycles. The van der Waals surface area contributed by atoms with Gasteiger partial charge in [-0.15, -0.1) is 13.2 Å². The standard InChI is InChI=1S/C37H47N3O6/c1-6-13-25(5)38(22-7-2)36(44)33-37-21-20-30(46-37)31(32(37)35(43)40(33)29(24-41)26-14-11-10-12-15-26)34(42)39(23-8-3)27-16-18-28(19-17-27)45-9-4/h7-8,10-12,14-19,25,29-33,41H,2-3,6,9,13,20-24H2,1,4-5H3/t25?,29-,30-,31+,32+,33?,37?/m1/s1. The van der Waals surface area contributed by atoms with Gasteiger partial charge in [0.25, 0.3) is 0 Å². The number of likely N-dealkylation sites (tertiary alicyclic amines) is 1. The molecule has 1 spiro atoms. The molecule has 0 saturated carbocycles. The summed E-state index contributed by atoms with van der Waals surface area (Å²) < 4.78 is 12.4. The van der Waals surface area contributed by atoms with Crippen LogP contribution in [0, 0.1) is 11.8 Å². The van der Waals surface area contributed by atoms with Crippen molar-refractivity contribution in [2.75, 3.05) is 31.2 Å². The lowest BCUT2D eigenvalue weighted by molar-refractivity contribution is -0.152. The van der Waals surface area contributed by atoms with Gasteiger partial charge in [0, 0.05) is 24.8 Å². The Hall–Kier alpha value is -3.95. The Balaban J connectivity index is 1.59. The van der Waals surface area contributed by atoms with E-state index in [-0.39, 0.29) is 36.9 Å². The van der Waals surface area contributed by atoms with Crippen LogP contribution in [0.4, 0.5) is 5.69 Å². The number of fused-ring (bicyclic) bond motifs is 1. The van der Waals surface area contributed by atoms with E-state index >= 15 is 0 Å². The highest BCUT2D eigenvalue weighted by Crippen LogP contribution is 2.60. The number of rotatable bonds is 15. The van der Waals surface area contributed by atoms with Gasteiger partial charge in [0.1, 0.15) is 17.4 Å². The van der Waals surface area contributed by atoms with Crippen molar-refractivity contribution in [2.45, 2.75) is 76.3 Å². The Morgan fingerprint density at radius 1 is 1.09 bits per heavy atom. The third-order valence-corrected chi connectivity index (χ3v) is 9.83. The smallest absolute Gasteiger partial charge is 0.248 e. The largest absolute Gasteiger partial charge is 0.494 e. The lowest BCUT2D eigenvalue weighted by atomic mass is 9.70. The van der Waals surface area contributed by atoms with E-state index < -0.39 is 35.6 Å². The molecule has 5 rings (SSSR count). The number of carbonyl (C=O) groups is 3. The van der Waals surface area contributed by atoms with Crippen LogP contribution < -0.4 is 9.64 Å². The molecule has 3 saturated heterocycles. The molecule has 3 fully saturated rings. The fraction of sp³-hybridized carbons (Fsp3) is 0.486. The van der Waals surface area contributed by atoms with Gasteiger partial charge in [0.15, 0.2) is 0 Å². The fourth-order valence-electron chi connectivity index (χ4n) is 7.89. The Kier molecular flexibility index (Phi) is 10.3. The monoisotopic (exact) mass is 629 g/mol. The average molecular weight is 630 g/mol. The predicted molar refractivity (Wildman–Crippen MR) is 177 cm³/mol. The third kappa shape index (κ3) is 5.75. The summed E-state index contributed by atoms with van der Waals surface area (Å²) in [6, 6.07) is 14.6. The minimum absolute atomic E-state index is 0.106. The van der Waals surface area contributed by atoms with Crippen LogP contribution in [0.1, 0.15) is 58.1 Å². The maximum Gasteiger partial charge on any atom is 0.248 e. The van der Waals surface area contributed by atoms with E-state index in [1.54, 1.807) is 22.0 Å². The Morgan fingerprint density at radius 2 is 1.78 bits per heavy atom. The number of nitrogens with zero attached hydrogens (tertiary/aromatic N) is 3. The first kappa shape index (κ1) is 33.4. The van der Waals surface area contributed by atoms with E-state index in [1.165, 1.54) is 4.90 Å². The average Bonchev–Trinajstić information content (AvgIpc) is 3.71. The second-order valence-electron chi connectivity index (χ2n) is 12.5. The van der Waals surface area contributed by atoms with Crippen molar-refractivity contribution < 1.29 is 29.0 Å². The van der Waals surface area contributed by atoms with Crippen molar-refractivity contribution in [1.82, 2.24) is 9.80 Å². The van der Waals surface area contributed by atoms with Gasteiger partial charge >= 0.3 is 0 Å². The van der Waals surface area contributed by atoms with Crippen LogP contribution in [0.15, 0.2) is 79.9 Å². The number of amides is 3. The molecular formula is C37H47N3O6. The Bertz CT molecular complexity index is 1410. The lowest BCUT2D eigenvalue weighted by Gasteiger charge is -2.41. The number of aliphatic hydroxyl groups is 1. The second kappa shape index (κ2) is 14.2. The van der Waals surface area contributed by atoms with E-state index in [9.17, 15) is 19.5 Å². The number of benzene rings is 2. The molecule has 9 nitrogen and oxygen atoms in total. The van der Waals surface area contributed by atoms with Gasteiger partial charge in [-0.25, -0.2) is 0 Å². The summed E-state index contributed by atoms with van der Waals surface area (Å²) in [5, 5.41) is 10.8. The molecule has 2 aromatic rings. The molecule has 46 heavy (non-hydrogen) atoms. The summed E-state index contributed by atoms with van der Waals surface area (Å²) in [6.07, 6.45) is 5.51. The molecule has 2 aromatic carbocycles. The van der Waals surface area contributed by atoms with Crippen LogP contribution in [-0.4, -0.2) is 82.7 Å². The summed E-state index contributed by atoms with van der Waals surface area (Å²) in [5.74, 6) is -1.82. The van der Waals surface area contributed by atoms with Crippen molar-refractivity contribution in [3.05, 3.63) is 85.5 Å². The number of aliphatic hydroxyl groups excluding tert-OH is 1.